The molecule has 1 heterocycles. The molecule has 3 aromatic rings. The first kappa shape index (κ1) is 21.9. The molecule has 2 amide bonds. The molecule has 0 aromatic heterocycles. The highest BCUT2D eigenvalue weighted by Gasteiger charge is 2.20. The van der Waals surface area contributed by atoms with Crippen molar-refractivity contribution in [3.8, 4) is 0 Å². The van der Waals surface area contributed by atoms with E-state index < -0.39 is 0 Å². The monoisotopic (exact) mass is 447 g/mol. The van der Waals surface area contributed by atoms with Gasteiger partial charge in [-0.25, -0.2) is 0 Å². The van der Waals surface area contributed by atoms with E-state index in [0.29, 0.717) is 28.4 Å². The first-order valence-corrected chi connectivity index (χ1v) is 11.3. The van der Waals surface area contributed by atoms with Gasteiger partial charge in [-0.05, 0) is 67.3 Å². The molecule has 1 saturated heterocycles. The Labute approximate surface area is 193 Å². The third-order valence-electron chi connectivity index (χ3n) is 5.60. The highest BCUT2D eigenvalue weighted by atomic mass is 35.5. The number of amides is 2. The first-order chi connectivity index (χ1) is 15.6. The fourth-order valence-corrected chi connectivity index (χ4v) is 4.01. The molecule has 1 aliphatic rings. The van der Waals surface area contributed by atoms with Crippen molar-refractivity contribution in [3.05, 3.63) is 94.5 Å². The minimum atomic E-state index is -0.247. The lowest BCUT2D eigenvalue weighted by molar-refractivity contribution is 0.0950. The average Bonchev–Trinajstić information content (AvgIpc) is 2.84. The summed E-state index contributed by atoms with van der Waals surface area (Å²) in [5.74, 6) is -0.403. The number of anilines is 2. The van der Waals surface area contributed by atoms with Crippen LogP contribution in [0.4, 0.5) is 11.4 Å². The Bertz CT molecular complexity index is 1080. The number of carbonyl (C=O) groups excluding carboxylic acids is 2. The maximum atomic E-state index is 13.2. The van der Waals surface area contributed by atoms with Crippen LogP contribution in [0.15, 0.2) is 72.8 Å². The summed E-state index contributed by atoms with van der Waals surface area (Å²) >= 11 is 5.92. The van der Waals surface area contributed by atoms with Gasteiger partial charge in [0.05, 0.1) is 5.56 Å². The molecular formula is C26H26ClN3O2. The Morgan fingerprint density at radius 1 is 0.844 bits per heavy atom. The van der Waals surface area contributed by atoms with Crippen molar-refractivity contribution >= 4 is 34.8 Å². The Hall–Kier alpha value is -3.31. The van der Waals surface area contributed by atoms with Crippen LogP contribution in [-0.2, 0) is 6.54 Å². The van der Waals surface area contributed by atoms with Crippen LogP contribution < -0.4 is 15.5 Å². The van der Waals surface area contributed by atoms with E-state index in [1.807, 2.05) is 42.5 Å². The quantitative estimate of drug-likeness (QED) is 0.523. The molecule has 1 aliphatic heterocycles. The zero-order valence-corrected chi connectivity index (χ0v) is 18.6. The third kappa shape index (κ3) is 5.48. The number of nitrogens with zero attached hydrogens (tertiary/aromatic N) is 1. The molecule has 0 bridgehead atoms. The summed E-state index contributed by atoms with van der Waals surface area (Å²) in [4.78, 5) is 28.1. The third-order valence-corrected chi connectivity index (χ3v) is 5.85. The molecule has 6 heteroatoms. The van der Waals surface area contributed by atoms with Gasteiger partial charge in [-0.15, -0.1) is 0 Å². The molecule has 5 nitrogen and oxygen atoms in total. The lowest BCUT2D eigenvalue weighted by Crippen LogP contribution is -2.32. The Morgan fingerprint density at radius 2 is 1.56 bits per heavy atom. The molecule has 0 atom stereocenters. The molecule has 1 fully saturated rings. The predicted octanol–water partition coefficient (Wildman–Crippen LogP) is 5.51. The van der Waals surface area contributed by atoms with E-state index in [-0.39, 0.29) is 11.8 Å². The fourth-order valence-electron chi connectivity index (χ4n) is 3.88. The van der Waals surface area contributed by atoms with Gasteiger partial charge in [-0.2, -0.15) is 0 Å². The number of carbonyl (C=O) groups is 2. The number of hydrogen-bond donors (Lipinski definition) is 2. The van der Waals surface area contributed by atoms with Crippen molar-refractivity contribution in [1.29, 1.82) is 0 Å². The molecule has 0 radical (unpaired) electrons. The Balaban J connectivity index is 1.56. The molecule has 0 aliphatic carbocycles. The second kappa shape index (κ2) is 10.3. The second-order valence-electron chi connectivity index (χ2n) is 7.91. The van der Waals surface area contributed by atoms with Gasteiger partial charge in [0.2, 0.25) is 0 Å². The van der Waals surface area contributed by atoms with Crippen LogP contribution in [0.1, 0.15) is 45.5 Å². The number of rotatable bonds is 6. The van der Waals surface area contributed by atoms with Gasteiger partial charge in [-0.1, -0.05) is 41.9 Å². The average molecular weight is 448 g/mol. The number of nitrogens with one attached hydrogen (secondary N) is 2. The highest BCUT2D eigenvalue weighted by molar-refractivity contribution is 6.30. The van der Waals surface area contributed by atoms with Crippen LogP contribution in [-0.4, -0.2) is 24.9 Å². The normalized spacial score (nSPS) is 13.5. The summed E-state index contributed by atoms with van der Waals surface area (Å²) in [5.41, 5.74) is 3.59. The van der Waals surface area contributed by atoms with Crippen LogP contribution >= 0.6 is 11.6 Å². The van der Waals surface area contributed by atoms with Crippen LogP contribution in [0.2, 0.25) is 5.02 Å². The summed E-state index contributed by atoms with van der Waals surface area (Å²) in [6.45, 7) is 2.30. The van der Waals surface area contributed by atoms with Gasteiger partial charge in [-0.3, -0.25) is 9.59 Å². The number of benzene rings is 3. The minimum Gasteiger partial charge on any atom is -0.371 e. The molecule has 164 valence electrons. The van der Waals surface area contributed by atoms with Gasteiger partial charge in [0.25, 0.3) is 11.8 Å². The topological polar surface area (TPSA) is 61.4 Å². The van der Waals surface area contributed by atoms with Gasteiger partial charge in [0.1, 0.15) is 0 Å². The van der Waals surface area contributed by atoms with Crippen molar-refractivity contribution in [2.24, 2.45) is 0 Å². The smallest absolute Gasteiger partial charge is 0.255 e. The molecule has 2 N–H and O–H groups in total. The predicted molar refractivity (Wildman–Crippen MR) is 130 cm³/mol. The van der Waals surface area contributed by atoms with E-state index in [9.17, 15) is 9.59 Å². The van der Waals surface area contributed by atoms with E-state index in [2.05, 4.69) is 15.5 Å². The van der Waals surface area contributed by atoms with E-state index in [1.54, 1.807) is 30.3 Å². The van der Waals surface area contributed by atoms with Crippen LogP contribution in [0, 0.1) is 0 Å². The van der Waals surface area contributed by atoms with Crippen LogP contribution in [0.25, 0.3) is 0 Å². The SMILES string of the molecule is O=C(Nc1ccc(N2CCCCC2)c(C(=O)NCc2ccccc2)c1)c1ccc(Cl)cc1. The highest BCUT2D eigenvalue weighted by Crippen LogP contribution is 2.28. The van der Waals surface area contributed by atoms with E-state index in [4.69, 9.17) is 11.6 Å². The Morgan fingerprint density at radius 3 is 2.28 bits per heavy atom. The number of hydrogen-bond acceptors (Lipinski definition) is 3. The van der Waals surface area contributed by atoms with Gasteiger partial charge in [0, 0.05) is 41.6 Å². The zero-order chi connectivity index (χ0) is 22.3. The molecular weight excluding hydrogens is 422 g/mol. The van der Waals surface area contributed by atoms with Crippen molar-refractivity contribution < 1.29 is 9.59 Å². The largest absolute Gasteiger partial charge is 0.371 e. The minimum absolute atomic E-state index is 0.156. The zero-order valence-electron chi connectivity index (χ0n) is 17.8. The summed E-state index contributed by atoms with van der Waals surface area (Å²) in [6.07, 6.45) is 3.43. The molecule has 0 spiro atoms. The summed E-state index contributed by atoms with van der Waals surface area (Å²) in [7, 11) is 0. The molecule has 0 unspecified atom stereocenters. The van der Waals surface area contributed by atoms with Gasteiger partial charge >= 0.3 is 0 Å². The Kier molecular flexibility index (Phi) is 7.07. The van der Waals surface area contributed by atoms with E-state index in [0.717, 1.165) is 37.2 Å². The van der Waals surface area contributed by atoms with Crippen molar-refractivity contribution in [2.45, 2.75) is 25.8 Å². The lowest BCUT2D eigenvalue weighted by Gasteiger charge is -2.30. The summed E-state index contributed by atoms with van der Waals surface area (Å²) in [6, 6.07) is 22.1. The second-order valence-corrected chi connectivity index (χ2v) is 8.35. The van der Waals surface area contributed by atoms with Crippen molar-refractivity contribution in [2.75, 3.05) is 23.3 Å². The van der Waals surface area contributed by atoms with Crippen molar-refractivity contribution in [3.63, 3.8) is 0 Å². The summed E-state index contributed by atoms with van der Waals surface area (Å²) in [5, 5.41) is 6.49. The summed E-state index contributed by atoms with van der Waals surface area (Å²) < 4.78 is 0. The fraction of sp³-hybridized carbons (Fsp3) is 0.231. The molecule has 3 aromatic carbocycles. The first-order valence-electron chi connectivity index (χ1n) is 10.9. The van der Waals surface area contributed by atoms with Gasteiger partial charge < -0.3 is 15.5 Å². The van der Waals surface area contributed by atoms with Crippen LogP contribution in [0.3, 0.4) is 0 Å². The number of piperidine rings is 1. The van der Waals surface area contributed by atoms with E-state index >= 15 is 0 Å². The standard InChI is InChI=1S/C26H26ClN3O2/c27-21-11-9-20(10-12-21)25(31)29-22-13-14-24(30-15-5-2-6-16-30)23(17-22)26(32)28-18-19-7-3-1-4-8-19/h1,3-4,7-14,17H,2,5-6,15-16,18H2,(H,28,32)(H,29,31). The molecule has 32 heavy (non-hydrogen) atoms. The van der Waals surface area contributed by atoms with Crippen LogP contribution in [0.5, 0.6) is 0 Å². The lowest BCUT2D eigenvalue weighted by atomic mass is 10.1. The number of halogens is 1. The molecule has 0 saturated carbocycles. The maximum absolute atomic E-state index is 13.2. The van der Waals surface area contributed by atoms with Crippen molar-refractivity contribution in [1.82, 2.24) is 5.32 Å². The van der Waals surface area contributed by atoms with Gasteiger partial charge in [0.15, 0.2) is 0 Å². The van der Waals surface area contributed by atoms with E-state index in [1.165, 1.54) is 6.42 Å². The molecule has 4 rings (SSSR count). The maximum Gasteiger partial charge on any atom is 0.255 e.